The first-order chi connectivity index (χ1) is 13.0. The number of esters is 1. The van der Waals surface area contributed by atoms with Crippen LogP contribution in [0.4, 0.5) is 10.5 Å². The predicted molar refractivity (Wildman–Crippen MR) is 107 cm³/mol. The van der Waals surface area contributed by atoms with Gasteiger partial charge >= 0.3 is 12.0 Å². The van der Waals surface area contributed by atoms with E-state index in [1.54, 1.807) is 16.7 Å². The number of carbonyl (C=O) groups is 3. The van der Waals surface area contributed by atoms with Crippen molar-refractivity contribution in [1.29, 1.82) is 0 Å². The van der Waals surface area contributed by atoms with E-state index in [9.17, 15) is 14.4 Å². The lowest BCUT2D eigenvalue weighted by atomic mass is 9.97. The molecule has 1 aromatic rings. The minimum absolute atomic E-state index is 0.205. The molecule has 0 saturated carbocycles. The molecule has 0 unspecified atom stereocenters. The van der Waals surface area contributed by atoms with E-state index in [4.69, 9.17) is 4.74 Å². The standard InChI is InChI=1S/C19H27N3O4S/c1-26-18(24)16(10-12-27-2)21-17(23)14-7-6-11-22(13-14)19(25)20-15-8-4-3-5-9-15/h3-5,8-9,14,16H,6-7,10-13H2,1-2H3,(H,20,25)(H,21,23)/t14-,16+/m1/s1. The molecule has 27 heavy (non-hydrogen) atoms. The van der Waals surface area contributed by atoms with Gasteiger partial charge in [-0.3, -0.25) is 4.79 Å². The summed E-state index contributed by atoms with van der Waals surface area (Å²) < 4.78 is 4.79. The maximum Gasteiger partial charge on any atom is 0.328 e. The van der Waals surface area contributed by atoms with Gasteiger partial charge in [-0.1, -0.05) is 18.2 Å². The molecule has 0 spiro atoms. The van der Waals surface area contributed by atoms with Crippen molar-refractivity contribution in [2.75, 3.05) is 37.5 Å². The quantitative estimate of drug-likeness (QED) is 0.695. The summed E-state index contributed by atoms with van der Waals surface area (Å²) >= 11 is 1.61. The maximum absolute atomic E-state index is 12.6. The SMILES string of the molecule is COC(=O)[C@H](CCSC)NC(=O)[C@@H]1CCCN(C(=O)Nc2ccccc2)C1. The molecule has 148 valence electrons. The van der Waals surface area contributed by atoms with Crippen molar-refractivity contribution in [3.8, 4) is 0 Å². The predicted octanol–water partition coefficient (Wildman–Crippen LogP) is 2.34. The minimum atomic E-state index is -0.650. The smallest absolute Gasteiger partial charge is 0.328 e. The monoisotopic (exact) mass is 393 g/mol. The van der Waals surface area contributed by atoms with Crippen LogP contribution in [0.1, 0.15) is 19.3 Å². The third-order valence-corrected chi connectivity index (χ3v) is 5.16. The molecule has 1 saturated heterocycles. The molecule has 2 atom stereocenters. The molecule has 1 heterocycles. The lowest BCUT2D eigenvalue weighted by Gasteiger charge is -2.32. The van der Waals surface area contributed by atoms with Crippen LogP contribution in [-0.2, 0) is 14.3 Å². The maximum atomic E-state index is 12.6. The summed E-state index contributed by atoms with van der Waals surface area (Å²) in [6.07, 6.45) is 3.90. The summed E-state index contributed by atoms with van der Waals surface area (Å²) in [6.45, 7) is 0.941. The van der Waals surface area contributed by atoms with Gasteiger partial charge in [0.25, 0.3) is 0 Å². The van der Waals surface area contributed by atoms with E-state index in [0.717, 1.165) is 17.9 Å². The van der Waals surface area contributed by atoms with Crippen LogP contribution in [0.5, 0.6) is 0 Å². The zero-order valence-corrected chi connectivity index (χ0v) is 16.6. The fraction of sp³-hybridized carbons (Fsp3) is 0.526. The molecule has 0 aliphatic carbocycles. The number of ether oxygens (including phenoxy) is 1. The van der Waals surface area contributed by atoms with Gasteiger partial charge in [0.1, 0.15) is 6.04 Å². The summed E-state index contributed by atoms with van der Waals surface area (Å²) in [5, 5.41) is 5.64. The summed E-state index contributed by atoms with van der Waals surface area (Å²) in [4.78, 5) is 38.6. The molecule has 1 aliphatic rings. The van der Waals surface area contributed by atoms with E-state index in [2.05, 4.69) is 10.6 Å². The van der Waals surface area contributed by atoms with Crippen LogP contribution in [-0.4, -0.2) is 61.1 Å². The normalized spacial score (nSPS) is 17.7. The molecular weight excluding hydrogens is 366 g/mol. The lowest BCUT2D eigenvalue weighted by Crippen LogP contribution is -2.50. The number of hydrogen-bond acceptors (Lipinski definition) is 5. The van der Waals surface area contributed by atoms with E-state index in [0.29, 0.717) is 25.9 Å². The van der Waals surface area contributed by atoms with Gasteiger partial charge in [-0.2, -0.15) is 11.8 Å². The number of carbonyl (C=O) groups excluding carboxylic acids is 3. The van der Waals surface area contributed by atoms with Crippen LogP contribution in [0.25, 0.3) is 0 Å². The highest BCUT2D eigenvalue weighted by atomic mass is 32.2. The highest BCUT2D eigenvalue weighted by Crippen LogP contribution is 2.19. The number of thioether (sulfide) groups is 1. The van der Waals surface area contributed by atoms with Crippen molar-refractivity contribution >= 4 is 35.4 Å². The van der Waals surface area contributed by atoms with Gasteiger partial charge in [-0.05, 0) is 43.4 Å². The Hall–Kier alpha value is -2.22. The number of piperidine rings is 1. The Kier molecular flexibility index (Phi) is 8.44. The summed E-state index contributed by atoms with van der Waals surface area (Å²) in [5.74, 6) is -0.228. The second kappa shape index (κ2) is 10.8. The number of anilines is 1. The van der Waals surface area contributed by atoms with Crippen LogP contribution in [0.15, 0.2) is 30.3 Å². The van der Waals surface area contributed by atoms with Crippen molar-refractivity contribution < 1.29 is 19.1 Å². The third-order valence-electron chi connectivity index (χ3n) is 4.52. The van der Waals surface area contributed by atoms with E-state index < -0.39 is 12.0 Å². The number of para-hydroxylation sites is 1. The van der Waals surface area contributed by atoms with Crippen LogP contribution in [0.3, 0.4) is 0 Å². The molecule has 2 N–H and O–H groups in total. The molecule has 1 aromatic carbocycles. The van der Waals surface area contributed by atoms with Gasteiger partial charge in [-0.25, -0.2) is 9.59 Å². The van der Waals surface area contributed by atoms with Gasteiger partial charge in [0, 0.05) is 18.8 Å². The number of rotatable bonds is 7. The van der Waals surface area contributed by atoms with Crippen LogP contribution in [0, 0.1) is 5.92 Å². The molecule has 1 fully saturated rings. The number of nitrogens with zero attached hydrogens (tertiary/aromatic N) is 1. The Morgan fingerprint density at radius 2 is 2.04 bits per heavy atom. The Morgan fingerprint density at radius 3 is 2.70 bits per heavy atom. The first-order valence-corrected chi connectivity index (χ1v) is 10.4. The number of likely N-dealkylation sites (tertiary alicyclic amines) is 1. The molecule has 0 aromatic heterocycles. The van der Waals surface area contributed by atoms with Crippen molar-refractivity contribution in [3.05, 3.63) is 30.3 Å². The van der Waals surface area contributed by atoms with Crippen molar-refractivity contribution in [2.24, 2.45) is 5.92 Å². The van der Waals surface area contributed by atoms with E-state index in [1.807, 2.05) is 36.6 Å². The third kappa shape index (κ3) is 6.46. The van der Waals surface area contributed by atoms with E-state index in [-0.39, 0.29) is 17.9 Å². The van der Waals surface area contributed by atoms with Crippen LogP contribution >= 0.6 is 11.8 Å². The van der Waals surface area contributed by atoms with Crippen molar-refractivity contribution in [2.45, 2.75) is 25.3 Å². The van der Waals surface area contributed by atoms with Crippen molar-refractivity contribution in [3.63, 3.8) is 0 Å². The zero-order chi connectivity index (χ0) is 19.6. The molecule has 0 radical (unpaired) electrons. The van der Waals surface area contributed by atoms with Crippen LogP contribution < -0.4 is 10.6 Å². The van der Waals surface area contributed by atoms with Gasteiger partial charge in [0.05, 0.1) is 13.0 Å². The zero-order valence-electron chi connectivity index (χ0n) is 15.8. The molecule has 3 amide bonds. The molecular formula is C19H27N3O4S. The largest absolute Gasteiger partial charge is 0.467 e. The first kappa shape index (κ1) is 21.1. The van der Waals surface area contributed by atoms with E-state index >= 15 is 0 Å². The average molecular weight is 394 g/mol. The lowest BCUT2D eigenvalue weighted by molar-refractivity contribution is -0.145. The topological polar surface area (TPSA) is 87.7 Å². The fourth-order valence-corrected chi connectivity index (χ4v) is 3.49. The Balaban J connectivity index is 1.92. The summed E-state index contributed by atoms with van der Waals surface area (Å²) in [5.41, 5.74) is 0.719. The number of methoxy groups -OCH3 is 1. The molecule has 7 nitrogen and oxygen atoms in total. The van der Waals surface area contributed by atoms with Gasteiger partial charge in [-0.15, -0.1) is 0 Å². The highest BCUT2D eigenvalue weighted by Gasteiger charge is 2.31. The molecule has 1 aliphatic heterocycles. The fourth-order valence-electron chi connectivity index (χ4n) is 3.02. The molecule has 2 rings (SSSR count). The number of nitrogens with one attached hydrogen (secondary N) is 2. The summed E-state index contributed by atoms with van der Waals surface area (Å²) in [6, 6.07) is 8.35. The Morgan fingerprint density at radius 1 is 1.30 bits per heavy atom. The van der Waals surface area contributed by atoms with Gasteiger partial charge < -0.3 is 20.3 Å². The number of amides is 3. The number of urea groups is 1. The molecule has 0 bridgehead atoms. The minimum Gasteiger partial charge on any atom is -0.467 e. The number of benzene rings is 1. The van der Waals surface area contributed by atoms with Gasteiger partial charge in [0.15, 0.2) is 0 Å². The second-order valence-corrected chi connectivity index (χ2v) is 7.43. The average Bonchev–Trinajstić information content (AvgIpc) is 2.71. The first-order valence-electron chi connectivity index (χ1n) is 9.03. The second-order valence-electron chi connectivity index (χ2n) is 6.45. The van der Waals surface area contributed by atoms with E-state index in [1.165, 1.54) is 7.11 Å². The Bertz CT molecular complexity index is 641. The Labute approximate surface area is 164 Å². The summed E-state index contributed by atoms with van der Waals surface area (Å²) in [7, 11) is 1.32. The van der Waals surface area contributed by atoms with Crippen molar-refractivity contribution in [1.82, 2.24) is 10.2 Å². The molecule has 8 heteroatoms. The highest BCUT2D eigenvalue weighted by molar-refractivity contribution is 7.98. The number of hydrogen-bond donors (Lipinski definition) is 2. The van der Waals surface area contributed by atoms with Crippen LogP contribution in [0.2, 0.25) is 0 Å². The van der Waals surface area contributed by atoms with Gasteiger partial charge in [0.2, 0.25) is 5.91 Å².